The topological polar surface area (TPSA) is 60.9 Å². The van der Waals surface area contributed by atoms with Crippen LogP contribution in [0.1, 0.15) is 13.8 Å². The molecule has 5 nitrogen and oxygen atoms in total. The average molecular weight is 172 g/mol. The van der Waals surface area contributed by atoms with Crippen molar-refractivity contribution in [2.45, 2.75) is 19.4 Å². The lowest BCUT2D eigenvalue weighted by atomic mass is 10.1. The predicted octanol–water partition coefficient (Wildman–Crippen LogP) is -0.391. The molecule has 0 bridgehead atoms. The zero-order valence-corrected chi connectivity index (χ0v) is 7.37. The number of amides is 3. The molecule has 0 aliphatic carbocycles. The Labute approximate surface area is 70.6 Å². The second kappa shape index (κ2) is 2.45. The largest absolute Gasteiger partial charge is 0.376 e. The monoisotopic (exact) mass is 172 g/mol. The zero-order valence-electron chi connectivity index (χ0n) is 7.37. The van der Waals surface area contributed by atoms with Crippen LogP contribution in [0, 0.1) is 0 Å². The second-order valence-electron chi connectivity index (χ2n) is 3.28. The smallest absolute Gasteiger partial charge is 0.329 e. The number of urea groups is 1. The normalized spacial score (nSPS) is 22.3. The predicted molar refractivity (Wildman–Crippen MR) is 41.2 cm³/mol. The van der Waals surface area contributed by atoms with E-state index in [0.717, 1.165) is 4.90 Å². The van der Waals surface area contributed by atoms with E-state index < -0.39 is 18.3 Å². The zero-order chi connectivity index (χ0) is 9.52. The summed E-state index contributed by atoms with van der Waals surface area (Å²) >= 11 is 0. The number of rotatable bonds is 1. The lowest BCUT2D eigenvalue weighted by molar-refractivity contribution is -0.133. The molecule has 0 spiro atoms. The van der Waals surface area contributed by atoms with E-state index in [4.69, 9.17) is 5.11 Å². The van der Waals surface area contributed by atoms with Crippen molar-refractivity contribution in [3.8, 4) is 0 Å². The van der Waals surface area contributed by atoms with E-state index in [2.05, 4.69) is 0 Å². The van der Waals surface area contributed by atoms with Gasteiger partial charge in [-0.05, 0) is 13.8 Å². The number of imide groups is 1. The van der Waals surface area contributed by atoms with E-state index in [0.29, 0.717) is 0 Å². The van der Waals surface area contributed by atoms with Crippen LogP contribution in [0.25, 0.3) is 0 Å². The first-order chi connectivity index (χ1) is 5.42. The number of carbonyl (C=O) groups excluding carboxylic acids is 2. The van der Waals surface area contributed by atoms with E-state index in [1.165, 1.54) is 11.9 Å². The molecule has 0 radical (unpaired) electrons. The molecule has 0 aromatic carbocycles. The molecule has 1 heterocycles. The van der Waals surface area contributed by atoms with Gasteiger partial charge in [-0.25, -0.2) is 9.69 Å². The van der Waals surface area contributed by atoms with Gasteiger partial charge in [-0.3, -0.25) is 4.79 Å². The lowest BCUT2D eigenvalue weighted by Gasteiger charge is -2.22. The van der Waals surface area contributed by atoms with E-state index in [1.807, 2.05) is 0 Å². The minimum absolute atomic E-state index is 0.363. The molecule has 3 amide bonds. The Hall–Kier alpha value is -1.10. The summed E-state index contributed by atoms with van der Waals surface area (Å²) in [5.41, 5.74) is -0.834. The standard InChI is InChI=1S/C7H12N2O3/c1-7(2)5(11)9(4-10)6(12)8(7)3/h10H,4H2,1-3H3. The first-order valence-electron chi connectivity index (χ1n) is 3.63. The molecule has 0 aromatic rings. The number of aliphatic hydroxyl groups is 1. The molecule has 68 valence electrons. The van der Waals surface area contributed by atoms with Crippen LogP contribution >= 0.6 is 0 Å². The Balaban J connectivity index is 3.02. The van der Waals surface area contributed by atoms with E-state index in [9.17, 15) is 9.59 Å². The highest BCUT2D eigenvalue weighted by molar-refractivity contribution is 6.06. The third-order valence-electron chi connectivity index (χ3n) is 2.27. The van der Waals surface area contributed by atoms with Crippen molar-refractivity contribution in [2.75, 3.05) is 13.8 Å². The maximum absolute atomic E-state index is 11.4. The number of hydrogen-bond acceptors (Lipinski definition) is 3. The summed E-state index contributed by atoms with van der Waals surface area (Å²) < 4.78 is 0. The molecular formula is C7H12N2O3. The number of likely N-dealkylation sites (N-methyl/N-ethyl adjacent to an activating group) is 1. The summed E-state index contributed by atoms with van der Waals surface area (Å²) in [4.78, 5) is 24.7. The van der Waals surface area contributed by atoms with Gasteiger partial charge in [0.25, 0.3) is 5.91 Å². The molecule has 1 aliphatic rings. The number of aliphatic hydroxyl groups excluding tert-OH is 1. The quantitative estimate of drug-likeness (QED) is 0.548. The lowest BCUT2D eigenvalue weighted by Crippen LogP contribution is -2.41. The van der Waals surface area contributed by atoms with Crippen molar-refractivity contribution in [1.29, 1.82) is 0 Å². The summed E-state index contributed by atoms with van der Waals surface area (Å²) in [6.45, 7) is 2.73. The van der Waals surface area contributed by atoms with Crippen LogP contribution in [-0.4, -0.2) is 46.2 Å². The Morgan fingerprint density at radius 2 is 1.92 bits per heavy atom. The third kappa shape index (κ3) is 0.896. The van der Waals surface area contributed by atoms with Gasteiger partial charge < -0.3 is 10.0 Å². The minimum Gasteiger partial charge on any atom is -0.376 e. The maximum atomic E-state index is 11.4. The molecule has 0 atom stereocenters. The molecule has 0 saturated carbocycles. The summed E-state index contributed by atoms with van der Waals surface area (Å²) in [6, 6.07) is -0.451. The van der Waals surface area contributed by atoms with Gasteiger partial charge in [0.15, 0.2) is 0 Å². The molecular weight excluding hydrogens is 160 g/mol. The third-order valence-corrected chi connectivity index (χ3v) is 2.27. The minimum atomic E-state index is -0.834. The fourth-order valence-corrected chi connectivity index (χ4v) is 1.11. The van der Waals surface area contributed by atoms with E-state index >= 15 is 0 Å². The van der Waals surface area contributed by atoms with Crippen LogP contribution in [0.4, 0.5) is 4.79 Å². The van der Waals surface area contributed by atoms with Crippen molar-refractivity contribution in [3.05, 3.63) is 0 Å². The van der Waals surface area contributed by atoms with Crippen LogP contribution < -0.4 is 0 Å². The maximum Gasteiger partial charge on any atom is 0.329 e. The van der Waals surface area contributed by atoms with Crippen molar-refractivity contribution < 1.29 is 14.7 Å². The van der Waals surface area contributed by atoms with Crippen LogP contribution in [-0.2, 0) is 4.79 Å². The van der Waals surface area contributed by atoms with Gasteiger partial charge >= 0.3 is 6.03 Å². The van der Waals surface area contributed by atoms with Crippen molar-refractivity contribution in [2.24, 2.45) is 0 Å². The molecule has 1 N–H and O–H groups in total. The van der Waals surface area contributed by atoms with E-state index in [-0.39, 0.29) is 5.91 Å². The van der Waals surface area contributed by atoms with Crippen LogP contribution in [0.2, 0.25) is 0 Å². The van der Waals surface area contributed by atoms with Crippen LogP contribution in [0.3, 0.4) is 0 Å². The fraction of sp³-hybridized carbons (Fsp3) is 0.714. The van der Waals surface area contributed by atoms with Gasteiger partial charge in [0.2, 0.25) is 0 Å². The summed E-state index contributed by atoms with van der Waals surface area (Å²) in [7, 11) is 1.54. The first kappa shape index (κ1) is 8.99. The molecule has 0 aromatic heterocycles. The van der Waals surface area contributed by atoms with Crippen molar-refractivity contribution in [3.63, 3.8) is 0 Å². The SMILES string of the molecule is CN1C(=O)N(CO)C(=O)C1(C)C. The van der Waals surface area contributed by atoms with Crippen LogP contribution in [0.5, 0.6) is 0 Å². The van der Waals surface area contributed by atoms with Gasteiger partial charge in [-0.1, -0.05) is 0 Å². The molecule has 1 rings (SSSR count). The molecule has 5 heteroatoms. The molecule has 1 saturated heterocycles. The van der Waals surface area contributed by atoms with Gasteiger partial charge in [-0.15, -0.1) is 0 Å². The molecule has 12 heavy (non-hydrogen) atoms. The number of nitrogens with zero attached hydrogens (tertiary/aromatic N) is 2. The average Bonchev–Trinajstić information content (AvgIpc) is 2.15. The first-order valence-corrected chi connectivity index (χ1v) is 3.63. The van der Waals surface area contributed by atoms with E-state index in [1.54, 1.807) is 13.8 Å². The van der Waals surface area contributed by atoms with Gasteiger partial charge in [0.1, 0.15) is 12.3 Å². The Bertz CT molecular complexity index is 237. The Kier molecular flexibility index (Phi) is 1.83. The van der Waals surface area contributed by atoms with Crippen LogP contribution in [0.15, 0.2) is 0 Å². The molecule has 1 fully saturated rings. The Morgan fingerprint density at radius 3 is 2.08 bits per heavy atom. The molecule has 1 aliphatic heterocycles. The summed E-state index contributed by atoms with van der Waals surface area (Å²) in [5, 5.41) is 8.71. The summed E-state index contributed by atoms with van der Waals surface area (Å²) in [5.74, 6) is -0.363. The highest BCUT2D eigenvalue weighted by Gasteiger charge is 2.48. The highest BCUT2D eigenvalue weighted by Crippen LogP contribution is 2.24. The van der Waals surface area contributed by atoms with Gasteiger partial charge in [0, 0.05) is 7.05 Å². The van der Waals surface area contributed by atoms with Gasteiger partial charge in [-0.2, -0.15) is 0 Å². The summed E-state index contributed by atoms with van der Waals surface area (Å²) in [6.07, 6.45) is 0. The second-order valence-corrected chi connectivity index (χ2v) is 3.28. The number of hydrogen-bond donors (Lipinski definition) is 1. The van der Waals surface area contributed by atoms with Gasteiger partial charge in [0.05, 0.1) is 0 Å². The number of carbonyl (C=O) groups is 2. The fourth-order valence-electron chi connectivity index (χ4n) is 1.11. The van der Waals surface area contributed by atoms with Crippen molar-refractivity contribution in [1.82, 2.24) is 9.80 Å². The van der Waals surface area contributed by atoms with Crippen molar-refractivity contribution >= 4 is 11.9 Å². The highest BCUT2D eigenvalue weighted by atomic mass is 16.3. The molecule has 0 unspecified atom stereocenters. The Morgan fingerprint density at radius 1 is 1.42 bits per heavy atom.